The highest BCUT2D eigenvalue weighted by Crippen LogP contribution is 2.33. The maximum absolute atomic E-state index is 13.8. The number of rotatable bonds is 5. The average Bonchev–Trinajstić information content (AvgIpc) is 3.31. The molecule has 8 nitrogen and oxygen atoms in total. The first kappa shape index (κ1) is 22.3. The number of halogens is 3. The molecule has 33 heavy (non-hydrogen) atoms. The summed E-state index contributed by atoms with van der Waals surface area (Å²) >= 11 is 0. The van der Waals surface area contributed by atoms with E-state index in [2.05, 4.69) is 20.5 Å². The Bertz CT molecular complexity index is 1340. The summed E-state index contributed by atoms with van der Waals surface area (Å²) in [6.45, 7) is 3.86. The van der Waals surface area contributed by atoms with Crippen LogP contribution in [0, 0.1) is 13.8 Å². The van der Waals surface area contributed by atoms with Crippen molar-refractivity contribution in [1.29, 1.82) is 0 Å². The van der Waals surface area contributed by atoms with Gasteiger partial charge in [0, 0.05) is 30.4 Å². The van der Waals surface area contributed by atoms with E-state index in [9.17, 15) is 18.0 Å². The number of nitrogens with zero attached hydrogens (tertiary/aromatic N) is 5. The molecule has 4 rings (SSSR count). The molecule has 1 aromatic carbocycles. The van der Waals surface area contributed by atoms with Crippen LogP contribution in [0.1, 0.15) is 33.0 Å². The molecule has 0 atom stereocenters. The number of aryl methyl sites for hydroxylation is 2. The standard InChI is InChI=1S/C22H21F3N6O2/c1-12-16(13(2)30(3)29-12)10-26-21(32)17-11-27-31-19(22(23,24)25)9-18(28-20(17)31)14-5-7-15(33-4)8-6-14/h5-9,11H,10H2,1-4H3,(H,26,32). The molecule has 0 saturated heterocycles. The van der Waals surface area contributed by atoms with E-state index in [1.807, 2.05) is 13.8 Å². The second-order valence-corrected chi connectivity index (χ2v) is 7.50. The lowest BCUT2D eigenvalue weighted by Crippen LogP contribution is -2.23. The first-order valence-electron chi connectivity index (χ1n) is 9.97. The number of hydrogen-bond acceptors (Lipinski definition) is 5. The molecule has 1 amide bonds. The van der Waals surface area contributed by atoms with Gasteiger partial charge in [-0.3, -0.25) is 9.48 Å². The van der Waals surface area contributed by atoms with E-state index in [1.165, 1.54) is 7.11 Å². The van der Waals surface area contributed by atoms with E-state index in [4.69, 9.17) is 4.74 Å². The SMILES string of the molecule is COc1ccc(-c2cc(C(F)(F)F)n3ncc(C(=O)NCc4c(C)nn(C)c4C)c3n2)cc1. The zero-order valence-electron chi connectivity index (χ0n) is 18.4. The van der Waals surface area contributed by atoms with Crippen LogP contribution in [0.15, 0.2) is 36.5 Å². The van der Waals surface area contributed by atoms with Crippen LogP contribution in [0.5, 0.6) is 5.75 Å². The summed E-state index contributed by atoms with van der Waals surface area (Å²) in [5.41, 5.74) is 1.70. The Kier molecular flexibility index (Phi) is 5.56. The van der Waals surface area contributed by atoms with Crippen LogP contribution in [-0.2, 0) is 19.8 Å². The van der Waals surface area contributed by atoms with Crippen LogP contribution >= 0.6 is 0 Å². The fourth-order valence-corrected chi connectivity index (χ4v) is 3.57. The van der Waals surface area contributed by atoms with Crippen molar-refractivity contribution >= 4 is 11.6 Å². The van der Waals surface area contributed by atoms with Gasteiger partial charge in [0.25, 0.3) is 5.91 Å². The Morgan fingerprint density at radius 2 is 1.88 bits per heavy atom. The minimum Gasteiger partial charge on any atom is -0.497 e. The molecule has 11 heteroatoms. The number of hydrogen-bond donors (Lipinski definition) is 1. The zero-order chi connectivity index (χ0) is 23.9. The summed E-state index contributed by atoms with van der Waals surface area (Å²) in [6, 6.07) is 7.35. The van der Waals surface area contributed by atoms with Crippen molar-refractivity contribution in [2.24, 2.45) is 7.05 Å². The molecule has 0 aliphatic heterocycles. The van der Waals surface area contributed by atoms with Gasteiger partial charge < -0.3 is 10.1 Å². The van der Waals surface area contributed by atoms with Crippen molar-refractivity contribution in [3.63, 3.8) is 0 Å². The van der Waals surface area contributed by atoms with E-state index < -0.39 is 17.8 Å². The Balaban J connectivity index is 1.75. The fourth-order valence-electron chi connectivity index (χ4n) is 3.57. The van der Waals surface area contributed by atoms with Crippen LogP contribution in [0.2, 0.25) is 0 Å². The van der Waals surface area contributed by atoms with E-state index in [0.29, 0.717) is 15.8 Å². The number of carbonyl (C=O) groups is 1. The number of carbonyl (C=O) groups excluding carboxylic acids is 1. The predicted octanol–water partition coefficient (Wildman–Crippen LogP) is 3.70. The second-order valence-electron chi connectivity index (χ2n) is 7.50. The molecule has 0 aliphatic rings. The van der Waals surface area contributed by atoms with Gasteiger partial charge in [-0.05, 0) is 44.2 Å². The Hall–Kier alpha value is -3.89. The lowest BCUT2D eigenvalue weighted by atomic mass is 10.1. The van der Waals surface area contributed by atoms with Gasteiger partial charge in [-0.2, -0.15) is 23.4 Å². The molecular formula is C22H21F3N6O2. The van der Waals surface area contributed by atoms with Crippen molar-refractivity contribution in [2.45, 2.75) is 26.6 Å². The van der Waals surface area contributed by atoms with E-state index in [0.717, 1.165) is 29.2 Å². The van der Waals surface area contributed by atoms with Crippen LogP contribution in [0.25, 0.3) is 16.9 Å². The van der Waals surface area contributed by atoms with E-state index in [1.54, 1.807) is 36.0 Å². The number of ether oxygens (including phenoxy) is 1. The van der Waals surface area contributed by atoms with Gasteiger partial charge in [-0.25, -0.2) is 9.50 Å². The molecule has 172 valence electrons. The second kappa shape index (κ2) is 8.23. The van der Waals surface area contributed by atoms with Crippen LogP contribution < -0.4 is 10.1 Å². The normalized spacial score (nSPS) is 11.7. The lowest BCUT2D eigenvalue weighted by molar-refractivity contribution is -0.142. The van der Waals surface area contributed by atoms with Crippen LogP contribution in [0.3, 0.4) is 0 Å². The number of amides is 1. The summed E-state index contributed by atoms with van der Waals surface area (Å²) in [6.07, 6.45) is -3.61. The first-order valence-corrected chi connectivity index (χ1v) is 9.97. The summed E-state index contributed by atoms with van der Waals surface area (Å²) in [7, 11) is 3.29. The van der Waals surface area contributed by atoms with Gasteiger partial charge in [-0.1, -0.05) is 0 Å². The van der Waals surface area contributed by atoms with Crippen molar-refractivity contribution in [3.8, 4) is 17.0 Å². The first-order chi connectivity index (χ1) is 15.6. The molecule has 0 radical (unpaired) electrons. The molecule has 0 saturated carbocycles. The third-order valence-electron chi connectivity index (χ3n) is 5.48. The smallest absolute Gasteiger partial charge is 0.433 e. The minimum atomic E-state index is -4.70. The lowest BCUT2D eigenvalue weighted by Gasteiger charge is -2.12. The zero-order valence-corrected chi connectivity index (χ0v) is 18.4. The van der Waals surface area contributed by atoms with Crippen molar-refractivity contribution in [1.82, 2.24) is 29.7 Å². The van der Waals surface area contributed by atoms with Crippen molar-refractivity contribution < 1.29 is 22.7 Å². The Morgan fingerprint density at radius 3 is 2.45 bits per heavy atom. The molecule has 3 aromatic heterocycles. The fraction of sp³-hybridized carbons (Fsp3) is 0.273. The highest BCUT2D eigenvalue weighted by molar-refractivity contribution is 5.99. The topological polar surface area (TPSA) is 86.3 Å². The Morgan fingerprint density at radius 1 is 1.18 bits per heavy atom. The third-order valence-corrected chi connectivity index (χ3v) is 5.48. The largest absolute Gasteiger partial charge is 0.497 e. The third kappa shape index (κ3) is 4.13. The minimum absolute atomic E-state index is 0.0601. The van der Waals surface area contributed by atoms with Gasteiger partial charge in [0.1, 0.15) is 11.3 Å². The van der Waals surface area contributed by atoms with Gasteiger partial charge in [0.2, 0.25) is 0 Å². The molecular weight excluding hydrogens is 437 g/mol. The molecule has 0 fully saturated rings. The van der Waals surface area contributed by atoms with Crippen molar-refractivity contribution in [3.05, 3.63) is 64.7 Å². The summed E-state index contributed by atoms with van der Waals surface area (Å²) in [5.74, 6) is -0.0264. The maximum Gasteiger partial charge on any atom is 0.433 e. The molecule has 1 N–H and O–H groups in total. The molecule has 4 aromatic rings. The van der Waals surface area contributed by atoms with Gasteiger partial charge >= 0.3 is 6.18 Å². The number of nitrogens with one attached hydrogen (secondary N) is 1. The molecule has 0 spiro atoms. The van der Waals surface area contributed by atoms with Crippen LogP contribution in [-0.4, -0.2) is 37.4 Å². The molecule has 3 heterocycles. The van der Waals surface area contributed by atoms with Crippen molar-refractivity contribution in [2.75, 3.05) is 7.11 Å². The maximum atomic E-state index is 13.8. The Labute approximate surface area is 187 Å². The molecule has 0 aliphatic carbocycles. The predicted molar refractivity (Wildman–Crippen MR) is 114 cm³/mol. The quantitative estimate of drug-likeness (QED) is 0.493. The van der Waals surface area contributed by atoms with Crippen LogP contribution in [0.4, 0.5) is 13.2 Å². The van der Waals surface area contributed by atoms with Gasteiger partial charge in [0.15, 0.2) is 11.3 Å². The number of aromatic nitrogens is 5. The number of methoxy groups -OCH3 is 1. The number of alkyl halides is 3. The van der Waals surface area contributed by atoms with E-state index in [-0.39, 0.29) is 23.4 Å². The summed E-state index contributed by atoms with van der Waals surface area (Å²) < 4.78 is 48.8. The number of benzene rings is 1. The number of fused-ring (bicyclic) bond motifs is 1. The average molecular weight is 458 g/mol. The van der Waals surface area contributed by atoms with Gasteiger partial charge in [-0.15, -0.1) is 0 Å². The summed E-state index contributed by atoms with van der Waals surface area (Å²) in [4.78, 5) is 17.2. The van der Waals surface area contributed by atoms with Gasteiger partial charge in [0.05, 0.1) is 24.7 Å². The molecule has 0 bridgehead atoms. The highest BCUT2D eigenvalue weighted by atomic mass is 19.4. The van der Waals surface area contributed by atoms with E-state index >= 15 is 0 Å². The monoisotopic (exact) mass is 458 g/mol. The molecule has 0 unspecified atom stereocenters. The summed E-state index contributed by atoms with van der Waals surface area (Å²) in [5, 5.41) is 10.8. The highest BCUT2D eigenvalue weighted by Gasteiger charge is 2.36.